The number of hydrogen-bond acceptors (Lipinski definition) is 8. The minimum absolute atomic E-state index is 0.0823. The molecule has 1 fully saturated rings. The topological polar surface area (TPSA) is 130 Å². The number of ether oxygens (including phenoxy) is 1. The number of methoxy groups -OCH3 is 1. The number of rotatable bonds is 11. The van der Waals surface area contributed by atoms with Gasteiger partial charge in [-0.1, -0.05) is 30.9 Å². The van der Waals surface area contributed by atoms with E-state index in [1.54, 1.807) is 43.9 Å². The second-order valence-electron chi connectivity index (χ2n) is 8.81. The van der Waals surface area contributed by atoms with Crippen molar-refractivity contribution < 1.29 is 9.53 Å². The first kappa shape index (κ1) is 26.3. The Balaban J connectivity index is 1.65. The van der Waals surface area contributed by atoms with Crippen LogP contribution in [0.15, 0.2) is 78.9 Å². The maximum Gasteiger partial charge on any atom is 0.181 e. The van der Waals surface area contributed by atoms with Crippen LogP contribution in [-0.2, 0) is 0 Å². The summed E-state index contributed by atoms with van der Waals surface area (Å²) in [5, 5.41) is 13.8. The summed E-state index contributed by atoms with van der Waals surface area (Å²) in [6, 6.07) is 9.45. The SMILES string of the molecule is C=C(/C=C\C=C(/C)NCC(=O)c1ccc(C)c(N(N)/C=C(\N)c2cncc(OC)c2)c1)C1(C#N)CC1. The molecule has 0 bridgehead atoms. The molecule has 8 heteroatoms. The van der Waals surface area contributed by atoms with Crippen molar-refractivity contribution in [2.75, 3.05) is 18.7 Å². The summed E-state index contributed by atoms with van der Waals surface area (Å²) in [5.74, 6) is 6.78. The highest BCUT2D eigenvalue weighted by atomic mass is 16.5. The molecule has 0 atom stereocenters. The average molecular weight is 485 g/mol. The highest BCUT2D eigenvalue weighted by Gasteiger charge is 2.44. The number of ketones is 1. The molecule has 186 valence electrons. The van der Waals surface area contributed by atoms with Gasteiger partial charge in [-0.25, -0.2) is 5.84 Å². The molecule has 0 amide bonds. The quantitative estimate of drug-likeness (QED) is 0.188. The van der Waals surface area contributed by atoms with Crippen LogP contribution in [0.25, 0.3) is 5.70 Å². The first-order valence-electron chi connectivity index (χ1n) is 11.5. The van der Waals surface area contributed by atoms with Crippen molar-refractivity contribution in [3.63, 3.8) is 0 Å². The van der Waals surface area contributed by atoms with Gasteiger partial charge in [0.05, 0.1) is 42.7 Å². The molecular weight excluding hydrogens is 452 g/mol. The Hall–Kier alpha value is -4.35. The number of nitrogens with two attached hydrogens (primary N) is 2. The molecule has 0 saturated heterocycles. The zero-order valence-corrected chi connectivity index (χ0v) is 20.9. The van der Waals surface area contributed by atoms with Crippen LogP contribution in [0.1, 0.15) is 41.3 Å². The fraction of sp³-hybridized carbons (Fsp3) is 0.250. The summed E-state index contributed by atoms with van der Waals surface area (Å²) in [7, 11) is 1.56. The fourth-order valence-corrected chi connectivity index (χ4v) is 3.52. The van der Waals surface area contributed by atoms with Crippen molar-refractivity contribution in [3.8, 4) is 11.8 Å². The number of nitriles is 1. The molecule has 0 unspecified atom stereocenters. The summed E-state index contributed by atoms with van der Waals surface area (Å²) < 4.78 is 5.19. The van der Waals surface area contributed by atoms with Gasteiger partial charge in [-0.3, -0.25) is 14.8 Å². The van der Waals surface area contributed by atoms with E-state index in [0.29, 0.717) is 28.3 Å². The number of Topliss-reactive ketones (excluding diaryl/α,β-unsaturated/α-hetero) is 1. The molecule has 8 nitrogen and oxygen atoms in total. The standard InChI is InChI=1S/C28H32N6O2/c1-19-8-9-22(13-26(19)34(31)17-25(30)23-12-24(36-4)15-32-14-23)27(35)16-33-21(3)7-5-6-20(2)28(18-29)10-11-28/h5-9,12-15,17,33H,2,10-11,16,30-31H2,1,3-4H3/b6-5-,21-7+,25-17-. The van der Waals surface area contributed by atoms with E-state index < -0.39 is 0 Å². The zero-order chi connectivity index (χ0) is 26.3. The van der Waals surface area contributed by atoms with E-state index in [9.17, 15) is 10.1 Å². The zero-order valence-electron chi connectivity index (χ0n) is 20.9. The van der Waals surface area contributed by atoms with Crippen LogP contribution in [0.2, 0.25) is 0 Å². The number of carbonyl (C=O) groups is 1. The molecule has 3 rings (SSSR count). The number of carbonyl (C=O) groups excluding carboxylic acids is 1. The van der Waals surface area contributed by atoms with Gasteiger partial charge in [0.1, 0.15) is 5.75 Å². The van der Waals surface area contributed by atoms with Crippen molar-refractivity contribution in [3.05, 3.63) is 95.6 Å². The molecule has 36 heavy (non-hydrogen) atoms. The van der Waals surface area contributed by atoms with Crippen LogP contribution in [0.5, 0.6) is 5.75 Å². The van der Waals surface area contributed by atoms with Crippen molar-refractivity contribution >= 4 is 17.2 Å². The Morgan fingerprint density at radius 2 is 2.08 bits per heavy atom. The Morgan fingerprint density at radius 1 is 1.33 bits per heavy atom. The predicted molar refractivity (Wildman–Crippen MR) is 142 cm³/mol. The second kappa shape index (κ2) is 11.4. The lowest BCUT2D eigenvalue weighted by molar-refractivity contribution is 0.0994. The van der Waals surface area contributed by atoms with Crippen LogP contribution >= 0.6 is 0 Å². The van der Waals surface area contributed by atoms with Gasteiger partial charge in [0.25, 0.3) is 0 Å². The maximum atomic E-state index is 12.8. The first-order chi connectivity index (χ1) is 17.2. The van der Waals surface area contributed by atoms with Crippen LogP contribution < -0.4 is 26.6 Å². The highest BCUT2D eigenvalue weighted by molar-refractivity contribution is 5.98. The number of aryl methyl sites for hydroxylation is 1. The number of aromatic nitrogens is 1. The fourth-order valence-electron chi connectivity index (χ4n) is 3.52. The Kier molecular flexibility index (Phi) is 8.30. The van der Waals surface area contributed by atoms with E-state index in [4.69, 9.17) is 16.3 Å². The van der Waals surface area contributed by atoms with Crippen LogP contribution in [-0.4, -0.2) is 24.4 Å². The molecular formula is C28H32N6O2. The van der Waals surface area contributed by atoms with Gasteiger partial charge < -0.3 is 15.8 Å². The summed E-state index contributed by atoms with van der Waals surface area (Å²) in [4.78, 5) is 16.9. The van der Waals surface area contributed by atoms with Gasteiger partial charge >= 0.3 is 0 Å². The van der Waals surface area contributed by atoms with Gasteiger partial charge in [0, 0.05) is 29.2 Å². The molecule has 5 N–H and O–H groups in total. The van der Waals surface area contributed by atoms with E-state index in [0.717, 1.165) is 29.7 Å². The van der Waals surface area contributed by atoms with Crippen molar-refractivity contribution in [1.29, 1.82) is 5.26 Å². The summed E-state index contributed by atoms with van der Waals surface area (Å²) in [6.45, 7) is 7.90. The summed E-state index contributed by atoms with van der Waals surface area (Å²) in [6.07, 6.45) is 12.1. The number of hydrogen-bond donors (Lipinski definition) is 3. The third-order valence-electron chi connectivity index (χ3n) is 6.12. The molecule has 0 aliphatic heterocycles. The number of benzene rings is 1. The third-order valence-corrected chi connectivity index (χ3v) is 6.12. The molecule has 1 aromatic heterocycles. The Morgan fingerprint density at radius 3 is 2.75 bits per heavy atom. The lowest BCUT2D eigenvalue weighted by atomic mass is 9.99. The molecule has 1 aliphatic carbocycles. The van der Waals surface area contributed by atoms with E-state index in [-0.39, 0.29) is 17.7 Å². The first-order valence-corrected chi connectivity index (χ1v) is 11.5. The number of pyridine rings is 1. The molecule has 1 saturated carbocycles. The summed E-state index contributed by atoms with van der Waals surface area (Å²) in [5.41, 5.74) is 10.6. The van der Waals surface area contributed by atoms with Crippen molar-refractivity contribution in [2.45, 2.75) is 26.7 Å². The van der Waals surface area contributed by atoms with E-state index >= 15 is 0 Å². The largest absolute Gasteiger partial charge is 0.495 e. The van der Waals surface area contributed by atoms with Gasteiger partial charge in [-0.05, 0) is 56.0 Å². The molecule has 0 spiro atoms. The predicted octanol–water partition coefficient (Wildman–Crippen LogP) is 4.13. The number of nitrogens with one attached hydrogen (secondary N) is 1. The van der Waals surface area contributed by atoms with Crippen LogP contribution in [0, 0.1) is 23.7 Å². The Bertz CT molecular complexity index is 1280. The molecule has 0 radical (unpaired) electrons. The number of hydrazine groups is 1. The van der Waals surface area contributed by atoms with Gasteiger partial charge in [-0.2, -0.15) is 5.26 Å². The highest BCUT2D eigenvalue weighted by Crippen LogP contribution is 2.51. The molecule has 1 aromatic carbocycles. The molecule has 2 aromatic rings. The normalized spacial score (nSPS) is 14.8. The lowest BCUT2D eigenvalue weighted by Gasteiger charge is -2.19. The maximum absolute atomic E-state index is 12.8. The third kappa shape index (κ3) is 6.40. The Labute approximate surface area is 212 Å². The lowest BCUT2D eigenvalue weighted by Crippen LogP contribution is -2.27. The van der Waals surface area contributed by atoms with Crippen molar-refractivity contribution in [2.24, 2.45) is 17.0 Å². The smallest absolute Gasteiger partial charge is 0.181 e. The van der Waals surface area contributed by atoms with Gasteiger partial charge in [-0.15, -0.1) is 0 Å². The minimum atomic E-state index is -0.383. The average Bonchev–Trinajstić information content (AvgIpc) is 3.69. The number of anilines is 1. The minimum Gasteiger partial charge on any atom is -0.495 e. The number of allylic oxidation sites excluding steroid dienone is 5. The van der Waals surface area contributed by atoms with E-state index in [1.165, 1.54) is 5.01 Å². The van der Waals surface area contributed by atoms with Gasteiger partial charge in [0.2, 0.25) is 0 Å². The summed E-state index contributed by atoms with van der Waals surface area (Å²) >= 11 is 0. The molecule has 1 heterocycles. The van der Waals surface area contributed by atoms with Crippen molar-refractivity contribution in [1.82, 2.24) is 10.3 Å². The van der Waals surface area contributed by atoms with E-state index in [1.807, 2.05) is 38.1 Å². The van der Waals surface area contributed by atoms with Crippen LogP contribution in [0.3, 0.4) is 0 Å². The second-order valence-corrected chi connectivity index (χ2v) is 8.81. The molecule has 1 aliphatic rings. The van der Waals surface area contributed by atoms with E-state index in [2.05, 4.69) is 22.9 Å². The number of nitrogens with zero attached hydrogens (tertiary/aromatic N) is 3. The van der Waals surface area contributed by atoms with Gasteiger partial charge in [0.15, 0.2) is 5.78 Å². The monoisotopic (exact) mass is 484 g/mol. The van der Waals surface area contributed by atoms with Crippen LogP contribution in [0.4, 0.5) is 5.69 Å².